The summed E-state index contributed by atoms with van der Waals surface area (Å²) in [6.07, 6.45) is 1.24. The van der Waals surface area contributed by atoms with Crippen LogP contribution in [-0.2, 0) is 10.0 Å². The molecule has 0 amide bonds. The topological polar surface area (TPSA) is 66.4 Å². The van der Waals surface area contributed by atoms with Gasteiger partial charge in [0, 0.05) is 17.6 Å². The molecule has 0 radical (unpaired) electrons. The molecule has 1 heterocycles. The Bertz CT molecular complexity index is 402. The van der Waals surface area contributed by atoms with Crippen molar-refractivity contribution >= 4 is 37.3 Å². The van der Waals surface area contributed by atoms with Crippen LogP contribution < -0.4 is 4.72 Å². The van der Waals surface area contributed by atoms with Gasteiger partial charge in [0.2, 0.25) is 0 Å². The van der Waals surface area contributed by atoms with Crippen LogP contribution in [0.15, 0.2) is 20.1 Å². The summed E-state index contributed by atoms with van der Waals surface area (Å²) in [6, 6.07) is 1.70. The molecule has 0 saturated heterocycles. The van der Waals surface area contributed by atoms with Crippen LogP contribution in [-0.4, -0.2) is 26.7 Å². The molecule has 86 valence electrons. The molecule has 0 fully saturated rings. The number of aliphatic hydroxyl groups excluding tert-OH is 1. The van der Waals surface area contributed by atoms with Crippen molar-refractivity contribution < 1.29 is 13.5 Å². The van der Waals surface area contributed by atoms with Gasteiger partial charge in [0.1, 0.15) is 4.21 Å². The highest BCUT2D eigenvalue weighted by atomic mass is 79.9. The van der Waals surface area contributed by atoms with Crippen molar-refractivity contribution in [2.45, 2.75) is 17.1 Å². The number of aliphatic hydroxyl groups is 1. The predicted octanol–water partition coefficient (Wildman–Crippen LogP) is 1.56. The molecule has 0 aliphatic rings. The van der Waals surface area contributed by atoms with Crippen LogP contribution >= 0.6 is 27.3 Å². The number of hydrogen-bond acceptors (Lipinski definition) is 4. The minimum absolute atomic E-state index is 0.0877. The summed E-state index contributed by atoms with van der Waals surface area (Å²) in [5.74, 6) is 0. The number of unbranched alkanes of at least 4 members (excludes halogenated alkanes) is 1. The molecule has 0 aliphatic heterocycles. The lowest BCUT2D eigenvalue weighted by Crippen LogP contribution is -2.24. The van der Waals surface area contributed by atoms with Crippen molar-refractivity contribution in [2.24, 2.45) is 0 Å². The van der Waals surface area contributed by atoms with Gasteiger partial charge in [-0.25, -0.2) is 13.1 Å². The number of rotatable bonds is 6. The van der Waals surface area contributed by atoms with E-state index in [1.807, 2.05) is 0 Å². The molecule has 0 aliphatic carbocycles. The van der Waals surface area contributed by atoms with Crippen LogP contribution in [0.2, 0.25) is 0 Å². The quantitative estimate of drug-likeness (QED) is 0.783. The van der Waals surface area contributed by atoms with Crippen molar-refractivity contribution in [3.05, 3.63) is 15.9 Å². The maximum atomic E-state index is 11.7. The fourth-order valence-electron chi connectivity index (χ4n) is 0.980. The second kappa shape index (κ2) is 5.95. The Morgan fingerprint density at radius 2 is 2.20 bits per heavy atom. The third kappa shape index (κ3) is 3.84. The van der Waals surface area contributed by atoms with Crippen molar-refractivity contribution in [2.75, 3.05) is 13.2 Å². The summed E-state index contributed by atoms with van der Waals surface area (Å²) in [5, 5.41) is 10.3. The highest BCUT2D eigenvalue weighted by Gasteiger charge is 2.17. The lowest BCUT2D eigenvalue weighted by molar-refractivity contribution is 0.285. The number of hydrogen-bond donors (Lipinski definition) is 2. The Balaban J connectivity index is 2.57. The summed E-state index contributed by atoms with van der Waals surface area (Å²) in [6.45, 7) is 0.442. The van der Waals surface area contributed by atoms with Crippen molar-refractivity contribution in [1.29, 1.82) is 0 Å². The Morgan fingerprint density at radius 3 is 2.73 bits per heavy atom. The van der Waals surface area contributed by atoms with Gasteiger partial charge in [-0.2, -0.15) is 0 Å². The van der Waals surface area contributed by atoms with E-state index in [9.17, 15) is 8.42 Å². The first kappa shape index (κ1) is 13.1. The molecule has 1 rings (SSSR count). The zero-order valence-electron chi connectivity index (χ0n) is 7.94. The largest absolute Gasteiger partial charge is 0.396 e. The van der Waals surface area contributed by atoms with Gasteiger partial charge in [-0.3, -0.25) is 0 Å². The molecule has 15 heavy (non-hydrogen) atoms. The van der Waals surface area contributed by atoms with Crippen LogP contribution in [0.4, 0.5) is 0 Å². The van der Waals surface area contributed by atoms with E-state index in [2.05, 4.69) is 20.7 Å². The first-order chi connectivity index (χ1) is 7.08. The van der Waals surface area contributed by atoms with Gasteiger partial charge < -0.3 is 5.11 Å². The van der Waals surface area contributed by atoms with E-state index in [1.165, 1.54) is 11.3 Å². The zero-order chi connectivity index (χ0) is 11.3. The van der Waals surface area contributed by atoms with E-state index in [-0.39, 0.29) is 6.61 Å². The molecule has 0 unspecified atom stereocenters. The van der Waals surface area contributed by atoms with Gasteiger partial charge in [-0.15, -0.1) is 11.3 Å². The number of thiophene rings is 1. The summed E-state index contributed by atoms with van der Waals surface area (Å²) in [5.41, 5.74) is 0. The lowest BCUT2D eigenvalue weighted by Gasteiger charge is -2.04. The molecule has 1 aromatic heterocycles. The van der Waals surface area contributed by atoms with Crippen LogP contribution in [0.25, 0.3) is 0 Å². The highest BCUT2D eigenvalue weighted by molar-refractivity contribution is 9.10. The average Bonchev–Trinajstić information content (AvgIpc) is 2.60. The third-order valence-corrected chi connectivity index (χ3v) is 5.84. The second-order valence-electron chi connectivity index (χ2n) is 2.88. The average molecular weight is 314 g/mol. The van der Waals surface area contributed by atoms with Gasteiger partial charge in [-0.1, -0.05) is 0 Å². The predicted molar refractivity (Wildman–Crippen MR) is 63.5 cm³/mol. The molecule has 1 aromatic rings. The molecule has 7 heteroatoms. The van der Waals surface area contributed by atoms with Crippen LogP contribution in [0.1, 0.15) is 12.8 Å². The minimum Gasteiger partial charge on any atom is -0.396 e. The summed E-state index contributed by atoms with van der Waals surface area (Å²) < 4.78 is 26.7. The van der Waals surface area contributed by atoms with Gasteiger partial charge in [0.25, 0.3) is 10.0 Å². The van der Waals surface area contributed by atoms with E-state index in [1.54, 1.807) is 11.4 Å². The molecule has 0 atom stereocenters. The van der Waals surface area contributed by atoms with Crippen LogP contribution in [0.3, 0.4) is 0 Å². The van der Waals surface area contributed by atoms with Crippen LogP contribution in [0.5, 0.6) is 0 Å². The Hall–Kier alpha value is 0.0500. The Morgan fingerprint density at radius 1 is 1.47 bits per heavy atom. The van der Waals surface area contributed by atoms with E-state index in [4.69, 9.17) is 5.11 Å². The Labute approximate surface area is 102 Å². The minimum atomic E-state index is -3.39. The monoisotopic (exact) mass is 313 g/mol. The maximum Gasteiger partial charge on any atom is 0.251 e. The van der Waals surface area contributed by atoms with Crippen molar-refractivity contribution in [3.63, 3.8) is 0 Å². The molecule has 2 N–H and O–H groups in total. The summed E-state index contributed by atoms with van der Waals surface area (Å²) >= 11 is 4.35. The van der Waals surface area contributed by atoms with Crippen molar-refractivity contribution in [3.8, 4) is 0 Å². The highest BCUT2D eigenvalue weighted by Crippen LogP contribution is 2.27. The molecule has 0 spiro atoms. The zero-order valence-corrected chi connectivity index (χ0v) is 11.2. The number of sulfonamides is 1. The first-order valence-electron chi connectivity index (χ1n) is 4.41. The van der Waals surface area contributed by atoms with E-state index >= 15 is 0 Å². The third-order valence-electron chi connectivity index (χ3n) is 1.71. The number of halogens is 1. The molecular weight excluding hydrogens is 302 g/mol. The summed E-state index contributed by atoms with van der Waals surface area (Å²) in [7, 11) is -3.39. The van der Waals surface area contributed by atoms with E-state index < -0.39 is 10.0 Å². The smallest absolute Gasteiger partial charge is 0.251 e. The lowest BCUT2D eigenvalue weighted by atomic mass is 10.3. The van der Waals surface area contributed by atoms with Crippen molar-refractivity contribution in [1.82, 2.24) is 4.72 Å². The van der Waals surface area contributed by atoms with Gasteiger partial charge >= 0.3 is 0 Å². The molecule has 0 bridgehead atoms. The second-order valence-corrected chi connectivity index (χ2v) is 6.62. The van der Waals surface area contributed by atoms with Gasteiger partial charge in [-0.05, 0) is 40.2 Å². The van der Waals surface area contributed by atoms with E-state index in [0.29, 0.717) is 28.1 Å². The molecule has 0 saturated carbocycles. The van der Waals surface area contributed by atoms with Crippen LogP contribution in [0, 0.1) is 0 Å². The fourth-order valence-corrected chi connectivity index (χ4v) is 4.43. The normalized spacial score (nSPS) is 11.9. The fraction of sp³-hybridized carbons (Fsp3) is 0.500. The summed E-state index contributed by atoms with van der Waals surface area (Å²) in [4.78, 5) is 0. The SMILES string of the molecule is O=S(=O)(NCCCCO)c1sccc1Br. The molecule has 0 aromatic carbocycles. The van der Waals surface area contributed by atoms with Gasteiger partial charge in [0.15, 0.2) is 0 Å². The standard InChI is InChI=1S/C8H12BrNO3S2/c9-7-3-6-14-8(7)15(12,13)10-4-1-2-5-11/h3,6,10-11H,1-2,4-5H2. The maximum absolute atomic E-state index is 11.7. The molecular formula is C8H12BrNO3S2. The number of nitrogens with one attached hydrogen (secondary N) is 1. The molecule has 4 nitrogen and oxygen atoms in total. The van der Waals surface area contributed by atoms with Gasteiger partial charge in [0.05, 0.1) is 0 Å². The first-order valence-corrected chi connectivity index (χ1v) is 7.57. The van der Waals surface area contributed by atoms with E-state index in [0.717, 1.165) is 0 Å². The Kier molecular flexibility index (Phi) is 5.20.